The highest BCUT2D eigenvalue weighted by molar-refractivity contribution is 6.35. The van der Waals surface area contributed by atoms with Crippen LogP contribution in [0.15, 0.2) is 30.9 Å². The zero-order valence-corrected chi connectivity index (χ0v) is 24.7. The molecule has 0 bridgehead atoms. The SMILES string of the molecule is C=CC(=O)N1C[C@H](C)N(c2nc(N3CC(N)C3)nc3c(F)c(-c4c(C)ccc5n[nH]c(C6CC6)c45)c(Cl)cc23)C[C@H]1C. The normalized spacial score (nSPS) is 21.3. The fraction of sp³-hybridized carbons (Fsp3) is 0.419. The van der Waals surface area contributed by atoms with E-state index in [-0.39, 0.29) is 29.5 Å². The van der Waals surface area contributed by atoms with Crippen LogP contribution in [0.5, 0.6) is 0 Å². The number of halogens is 2. The summed E-state index contributed by atoms with van der Waals surface area (Å²) in [5, 5.41) is 9.50. The van der Waals surface area contributed by atoms with Crippen molar-refractivity contribution in [3.05, 3.63) is 53.0 Å². The highest BCUT2D eigenvalue weighted by atomic mass is 35.5. The topological polar surface area (TPSA) is 107 Å². The Morgan fingerprint density at radius 2 is 1.90 bits per heavy atom. The smallest absolute Gasteiger partial charge is 0.246 e. The Balaban J connectivity index is 1.43. The second-order valence-corrected chi connectivity index (χ2v) is 12.5. The third-order valence-electron chi connectivity index (χ3n) is 8.95. The van der Waals surface area contributed by atoms with Gasteiger partial charge < -0.3 is 20.4 Å². The molecule has 2 aromatic carbocycles. The molecule has 3 fully saturated rings. The number of H-pyrrole nitrogens is 1. The number of aromatic nitrogens is 4. The average Bonchev–Trinajstić information content (AvgIpc) is 3.71. The van der Waals surface area contributed by atoms with Crippen molar-refractivity contribution in [3.63, 3.8) is 0 Å². The number of rotatable bonds is 5. The van der Waals surface area contributed by atoms with Gasteiger partial charge in [0, 0.05) is 77.8 Å². The summed E-state index contributed by atoms with van der Waals surface area (Å²) < 4.78 is 17.0. The van der Waals surface area contributed by atoms with Gasteiger partial charge in [-0.15, -0.1) is 0 Å². The first-order valence-corrected chi connectivity index (χ1v) is 14.9. The van der Waals surface area contributed by atoms with Crippen molar-refractivity contribution >= 4 is 51.1 Å². The minimum absolute atomic E-state index is 0.0213. The lowest BCUT2D eigenvalue weighted by Gasteiger charge is -2.45. The summed E-state index contributed by atoms with van der Waals surface area (Å²) >= 11 is 7.01. The lowest BCUT2D eigenvalue weighted by atomic mass is 9.93. The van der Waals surface area contributed by atoms with Gasteiger partial charge in [0.05, 0.1) is 10.5 Å². The van der Waals surface area contributed by atoms with Gasteiger partial charge in [0.15, 0.2) is 5.82 Å². The molecule has 4 heterocycles. The Labute approximate surface area is 248 Å². The first kappa shape index (κ1) is 27.1. The molecule has 11 heteroatoms. The van der Waals surface area contributed by atoms with Gasteiger partial charge in [0.2, 0.25) is 11.9 Å². The van der Waals surface area contributed by atoms with Crippen LogP contribution in [0.25, 0.3) is 32.9 Å². The van der Waals surface area contributed by atoms with Gasteiger partial charge in [0.25, 0.3) is 0 Å². The van der Waals surface area contributed by atoms with Gasteiger partial charge in [-0.1, -0.05) is 24.2 Å². The Hall–Kier alpha value is -3.76. The molecule has 4 aromatic rings. The van der Waals surface area contributed by atoms with E-state index in [2.05, 4.69) is 21.7 Å². The molecular weight excluding hydrogens is 555 g/mol. The Morgan fingerprint density at radius 1 is 1.14 bits per heavy atom. The molecule has 1 saturated carbocycles. The van der Waals surface area contributed by atoms with Gasteiger partial charge in [-0.05, 0) is 57.4 Å². The van der Waals surface area contributed by atoms with Crippen molar-refractivity contribution in [1.29, 1.82) is 0 Å². The van der Waals surface area contributed by atoms with Crippen molar-refractivity contribution < 1.29 is 9.18 Å². The summed E-state index contributed by atoms with van der Waals surface area (Å²) in [6, 6.07) is 5.56. The number of anilines is 2. The van der Waals surface area contributed by atoms with Crippen LogP contribution in [-0.2, 0) is 4.79 Å². The summed E-state index contributed by atoms with van der Waals surface area (Å²) in [5.41, 5.74) is 10.1. The Bertz CT molecular complexity index is 1760. The fourth-order valence-corrected chi connectivity index (χ4v) is 6.79. The highest BCUT2D eigenvalue weighted by Crippen LogP contribution is 2.48. The number of fused-ring (bicyclic) bond motifs is 2. The van der Waals surface area contributed by atoms with Crippen LogP contribution < -0.4 is 15.5 Å². The standard InChI is InChI=1S/C31H34ClFN8O/c1-5-23(42)40-11-17(4)41(12-16(40)3)30-20-10-21(32)25(27(33)29(20)35-31(36-30)39-13-19(34)14-39)24-15(2)6-9-22-26(24)28(38-37-22)18-7-8-18/h5-6,9-10,16-19H,1,7-8,11-14,34H2,2-4H3,(H,37,38)/t16-,17+/m1/s1. The zero-order valence-electron chi connectivity index (χ0n) is 24.0. The van der Waals surface area contributed by atoms with Gasteiger partial charge in [-0.25, -0.2) is 9.37 Å². The average molecular weight is 589 g/mol. The summed E-state index contributed by atoms with van der Waals surface area (Å²) in [6.45, 7) is 11.9. The number of aryl methyl sites for hydroxylation is 1. The second kappa shape index (κ2) is 9.91. The van der Waals surface area contributed by atoms with E-state index in [1.54, 1.807) is 6.07 Å². The van der Waals surface area contributed by atoms with Crippen LogP contribution in [0.4, 0.5) is 16.2 Å². The van der Waals surface area contributed by atoms with Crippen LogP contribution in [0, 0.1) is 12.7 Å². The van der Waals surface area contributed by atoms with Crippen LogP contribution in [-0.4, -0.2) is 75.3 Å². The van der Waals surface area contributed by atoms with E-state index in [0.717, 1.165) is 40.6 Å². The minimum atomic E-state index is -0.480. The first-order chi connectivity index (χ1) is 20.2. The number of nitrogens with one attached hydrogen (secondary N) is 1. The summed E-state index contributed by atoms with van der Waals surface area (Å²) in [4.78, 5) is 28.2. The number of nitrogens with two attached hydrogens (primary N) is 1. The number of amides is 1. The quantitative estimate of drug-likeness (QED) is 0.319. The van der Waals surface area contributed by atoms with E-state index < -0.39 is 5.82 Å². The molecule has 0 radical (unpaired) electrons. The molecule has 7 rings (SSSR count). The molecule has 0 spiro atoms. The van der Waals surface area contributed by atoms with E-state index in [0.29, 0.717) is 59.8 Å². The fourth-order valence-electron chi connectivity index (χ4n) is 6.51. The number of piperazine rings is 1. The third-order valence-corrected chi connectivity index (χ3v) is 9.25. The molecule has 2 aliphatic heterocycles. The van der Waals surface area contributed by atoms with Crippen LogP contribution in [0.1, 0.15) is 43.9 Å². The molecule has 9 nitrogen and oxygen atoms in total. The zero-order chi connectivity index (χ0) is 29.4. The maximum Gasteiger partial charge on any atom is 0.246 e. The monoisotopic (exact) mass is 588 g/mol. The third kappa shape index (κ3) is 4.22. The molecular formula is C31H34ClFN8O. The van der Waals surface area contributed by atoms with E-state index in [1.165, 1.54) is 6.08 Å². The molecule has 2 aromatic heterocycles. The Morgan fingerprint density at radius 3 is 2.60 bits per heavy atom. The maximum absolute atomic E-state index is 17.0. The number of carbonyl (C=O) groups excluding carboxylic acids is 1. The molecule has 3 aliphatic rings. The molecule has 0 unspecified atom stereocenters. The summed E-state index contributed by atoms with van der Waals surface area (Å²) in [7, 11) is 0. The predicted molar refractivity (Wildman–Crippen MR) is 165 cm³/mol. The lowest BCUT2D eigenvalue weighted by Crippen LogP contribution is -2.58. The van der Waals surface area contributed by atoms with Gasteiger partial charge in [0.1, 0.15) is 11.3 Å². The molecule has 2 saturated heterocycles. The Kier molecular flexibility index (Phi) is 6.40. The summed E-state index contributed by atoms with van der Waals surface area (Å²) in [6.07, 6.45) is 3.51. The number of carbonyl (C=O) groups is 1. The van der Waals surface area contributed by atoms with Crippen LogP contribution >= 0.6 is 11.6 Å². The van der Waals surface area contributed by atoms with E-state index in [4.69, 9.17) is 27.3 Å². The van der Waals surface area contributed by atoms with Crippen molar-refractivity contribution in [3.8, 4) is 11.1 Å². The first-order valence-electron chi connectivity index (χ1n) is 14.5. The van der Waals surface area contributed by atoms with E-state index >= 15 is 4.39 Å². The van der Waals surface area contributed by atoms with Gasteiger partial charge >= 0.3 is 0 Å². The second-order valence-electron chi connectivity index (χ2n) is 12.1. The molecule has 3 N–H and O–H groups in total. The molecule has 2 atom stereocenters. The molecule has 1 amide bonds. The van der Waals surface area contributed by atoms with Crippen LogP contribution in [0.3, 0.4) is 0 Å². The van der Waals surface area contributed by atoms with Crippen LogP contribution in [0.2, 0.25) is 5.02 Å². The van der Waals surface area contributed by atoms with Gasteiger partial charge in [-0.2, -0.15) is 10.1 Å². The van der Waals surface area contributed by atoms with Crippen molar-refractivity contribution in [2.45, 2.75) is 57.7 Å². The number of benzene rings is 2. The van der Waals surface area contributed by atoms with Gasteiger partial charge in [-0.3, -0.25) is 9.89 Å². The minimum Gasteiger partial charge on any atom is -0.349 e. The highest BCUT2D eigenvalue weighted by Gasteiger charge is 2.36. The number of nitrogens with zero attached hydrogens (tertiary/aromatic N) is 6. The largest absolute Gasteiger partial charge is 0.349 e. The van der Waals surface area contributed by atoms with Crippen molar-refractivity contribution in [2.75, 3.05) is 36.0 Å². The van der Waals surface area contributed by atoms with Crippen molar-refractivity contribution in [2.24, 2.45) is 5.73 Å². The maximum atomic E-state index is 17.0. The number of hydrogen-bond acceptors (Lipinski definition) is 7. The summed E-state index contributed by atoms with van der Waals surface area (Å²) in [5.74, 6) is 0.846. The molecule has 218 valence electrons. The molecule has 42 heavy (non-hydrogen) atoms. The number of aromatic amines is 1. The number of hydrogen-bond donors (Lipinski definition) is 2. The molecule has 1 aliphatic carbocycles. The van der Waals surface area contributed by atoms with E-state index in [9.17, 15) is 4.79 Å². The predicted octanol–water partition coefficient (Wildman–Crippen LogP) is 4.91. The lowest BCUT2D eigenvalue weighted by molar-refractivity contribution is -0.128. The van der Waals surface area contributed by atoms with E-state index in [1.807, 2.05) is 42.7 Å². The van der Waals surface area contributed by atoms with Crippen molar-refractivity contribution in [1.82, 2.24) is 25.1 Å².